The lowest BCUT2D eigenvalue weighted by molar-refractivity contribution is 0.282. The van der Waals surface area contributed by atoms with E-state index in [2.05, 4.69) is 60.3 Å². The van der Waals surface area contributed by atoms with Crippen LogP contribution >= 0.6 is 35.3 Å². The average molecular weight is 453 g/mol. The summed E-state index contributed by atoms with van der Waals surface area (Å²) in [6, 6.07) is 0.559. The molecule has 0 aliphatic carbocycles. The van der Waals surface area contributed by atoms with Crippen LogP contribution in [0.2, 0.25) is 0 Å². The van der Waals surface area contributed by atoms with Crippen LogP contribution < -0.4 is 10.6 Å². The van der Waals surface area contributed by atoms with Gasteiger partial charge < -0.3 is 15.5 Å². The van der Waals surface area contributed by atoms with Crippen LogP contribution in [0.4, 0.5) is 0 Å². The molecule has 0 saturated carbocycles. The molecule has 0 aliphatic rings. The molecular formula is C16H32IN5S. The largest absolute Gasteiger partial charge is 0.357 e. The van der Waals surface area contributed by atoms with Gasteiger partial charge in [-0.1, -0.05) is 6.92 Å². The van der Waals surface area contributed by atoms with Crippen LogP contribution in [-0.2, 0) is 12.8 Å². The van der Waals surface area contributed by atoms with Crippen molar-refractivity contribution in [3.8, 4) is 0 Å². The Morgan fingerprint density at radius 2 is 2.09 bits per heavy atom. The number of rotatable bonds is 9. The fourth-order valence-electron chi connectivity index (χ4n) is 1.83. The Morgan fingerprint density at radius 3 is 2.65 bits per heavy atom. The van der Waals surface area contributed by atoms with Crippen LogP contribution in [0.15, 0.2) is 11.2 Å². The van der Waals surface area contributed by atoms with Crippen LogP contribution in [0.3, 0.4) is 0 Å². The summed E-state index contributed by atoms with van der Waals surface area (Å²) in [7, 11) is 2.13. The molecule has 1 aromatic rings. The van der Waals surface area contributed by atoms with Crippen molar-refractivity contribution in [2.24, 2.45) is 4.99 Å². The van der Waals surface area contributed by atoms with E-state index < -0.39 is 0 Å². The van der Waals surface area contributed by atoms with Gasteiger partial charge >= 0.3 is 0 Å². The summed E-state index contributed by atoms with van der Waals surface area (Å²) in [6.45, 7) is 12.2. The van der Waals surface area contributed by atoms with Crippen molar-refractivity contribution >= 4 is 41.3 Å². The van der Waals surface area contributed by atoms with Crippen molar-refractivity contribution in [2.75, 3.05) is 33.2 Å². The fourth-order valence-corrected chi connectivity index (χ4v) is 2.70. The zero-order valence-electron chi connectivity index (χ0n) is 15.1. The van der Waals surface area contributed by atoms with Gasteiger partial charge in [0.2, 0.25) is 0 Å². The molecule has 0 unspecified atom stereocenters. The summed E-state index contributed by atoms with van der Waals surface area (Å²) >= 11 is 1.80. The second-order valence-corrected chi connectivity index (χ2v) is 6.79. The van der Waals surface area contributed by atoms with Crippen LogP contribution in [0.25, 0.3) is 0 Å². The minimum Gasteiger partial charge on any atom is -0.357 e. The van der Waals surface area contributed by atoms with Crippen molar-refractivity contribution in [2.45, 2.75) is 46.6 Å². The first-order chi connectivity index (χ1) is 10.6. The Morgan fingerprint density at radius 1 is 1.35 bits per heavy atom. The van der Waals surface area contributed by atoms with E-state index in [0.717, 1.165) is 45.0 Å². The predicted molar refractivity (Wildman–Crippen MR) is 112 cm³/mol. The topological polar surface area (TPSA) is 52.6 Å². The van der Waals surface area contributed by atoms with Gasteiger partial charge in [0.1, 0.15) is 0 Å². The second kappa shape index (κ2) is 12.9. The lowest BCUT2D eigenvalue weighted by Gasteiger charge is -2.20. The van der Waals surface area contributed by atoms with Crippen LogP contribution in [0.1, 0.15) is 37.6 Å². The molecule has 1 heterocycles. The molecule has 7 heteroatoms. The summed E-state index contributed by atoms with van der Waals surface area (Å²) in [4.78, 5) is 12.7. The molecule has 0 aromatic carbocycles. The number of aryl methyl sites for hydroxylation is 1. The lowest BCUT2D eigenvalue weighted by Crippen LogP contribution is -2.39. The van der Waals surface area contributed by atoms with Crippen molar-refractivity contribution < 1.29 is 0 Å². The highest BCUT2D eigenvalue weighted by molar-refractivity contribution is 14.0. The number of hydrogen-bond acceptors (Lipinski definition) is 4. The standard InChI is InChI=1S/C16H31N5S.HI/c1-6-14-12-20-15(22-14)8-9-18-16(17-7-2)19-10-11-21(5)13(3)4;/h12-13H,6-11H2,1-5H3,(H2,17,18,19);1H. The smallest absolute Gasteiger partial charge is 0.191 e. The van der Waals surface area contributed by atoms with E-state index >= 15 is 0 Å². The number of nitrogens with one attached hydrogen (secondary N) is 2. The molecule has 0 bridgehead atoms. The Labute approximate surface area is 162 Å². The van der Waals surface area contributed by atoms with E-state index in [1.165, 1.54) is 9.88 Å². The van der Waals surface area contributed by atoms with Crippen molar-refractivity contribution in [1.82, 2.24) is 20.5 Å². The third-order valence-electron chi connectivity index (χ3n) is 3.53. The molecule has 0 spiro atoms. The fraction of sp³-hybridized carbons (Fsp3) is 0.750. The monoisotopic (exact) mass is 453 g/mol. The lowest BCUT2D eigenvalue weighted by atomic mass is 10.3. The van der Waals surface area contributed by atoms with Gasteiger partial charge in [-0.05, 0) is 34.2 Å². The van der Waals surface area contributed by atoms with Gasteiger partial charge in [0.15, 0.2) is 5.96 Å². The molecule has 134 valence electrons. The molecule has 2 N–H and O–H groups in total. The molecule has 1 rings (SSSR count). The molecule has 23 heavy (non-hydrogen) atoms. The van der Waals surface area contributed by atoms with E-state index in [9.17, 15) is 0 Å². The third kappa shape index (κ3) is 9.46. The predicted octanol–water partition coefficient (Wildman–Crippen LogP) is 2.76. The minimum atomic E-state index is 0. The Balaban J connectivity index is 0.00000484. The molecule has 5 nitrogen and oxygen atoms in total. The number of thiazole rings is 1. The number of hydrogen-bond donors (Lipinski definition) is 2. The number of nitrogens with zero attached hydrogens (tertiary/aromatic N) is 3. The maximum atomic E-state index is 4.62. The molecule has 0 aliphatic heterocycles. The van der Waals surface area contributed by atoms with Crippen LogP contribution in [0.5, 0.6) is 0 Å². The van der Waals surface area contributed by atoms with Gasteiger partial charge in [0, 0.05) is 43.2 Å². The zero-order chi connectivity index (χ0) is 16.4. The number of likely N-dealkylation sites (N-methyl/N-ethyl adjacent to an activating group) is 1. The molecule has 0 saturated heterocycles. The van der Waals surface area contributed by atoms with E-state index in [1.54, 1.807) is 11.3 Å². The van der Waals surface area contributed by atoms with Crippen LogP contribution in [0, 0.1) is 0 Å². The third-order valence-corrected chi connectivity index (χ3v) is 4.73. The maximum Gasteiger partial charge on any atom is 0.191 e. The second-order valence-electron chi connectivity index (χ2n) is 5.59. The van der Waals surface area contributed by atoms with E-state index in [0.29, 0.717) is 6.04 Å². The van der Waals surface area contributed by atoms with Gasteiger partial charge in [-0.25, -0.2) is 4.98 Å². The normalized spacial score (nSPS) is 11.7. The number of aliphatic imine (C=N–C) groups is 1. The summed E-state index contributed by atoms with van der Waals surface area (Å²) in [5.74, 6) is 0.895. The molecule has 0 radical (unpaired) electrons. The van der Waals surface area contributed by atoms with Gasteiger partial charge in [0.05, 0.1) is 11.6 Å². The van der Waals surface area contributed by atoms with Gasteiger partial charge in [-0.15, -0.1) is 35.3 Å². The maximum absolute atomic E-state index is 4.62. The van der Waals surface area contributed by atoms with Crippen molar-refractivity contribution in [1.29, 1.82) is 0 Å². The van der Waals surface area contributed by atoms with E-state index in [1.807, 2.05) is 6.20 Å². The first-order valence-corrected chi connectivity index (χ1v) is 9.04. The minimum absolute atomic E-state index is 0. The summed E-state index contributed by atoms with van der Waals surface area (Å²) < 4.78 is 0. The highest BCUT2D eigenvalue weighted by Crippen LogP contribution is 2.13. The Hall–Kier alpha value is -0.410. The summed E-state index contributed by atoms with van der Waals surface area (Å²) in [6.07, 6.45) is 4.00. The molecular weight excluding hydrogens is 421 g/mol. The quantitative estimate of drug-likeness (QED) is 0.343. The first-order valence-electron chi connectivity index (χ1n) is 8.22. The number of guanidine groups is 1. The SMILES string of the molecule is CCNC(=NCCN(C)C(C)C)NCCc1ncc(CC)s1.I. The molecule has 0 atom stereocenters. The van der Waals surface area contributed by atoms with Gasteiger partial charge in [-0.2, -0.15) is 0 Å². The number of aromatic nitrogens is 1. The highest BCUT2D eigenvalue weighted by atomic mass is 127. The Kier molecular flexibility index (Phi) is 12.7. The highest BCUT2D eigenvalue weighted by Gasteiger charge is 2.04. The van der Waals surface area contributed by atoms with Crippen molar-refractivity contribution in [3.63, 3.8) is 0 Å². The number of halogens is 1. The first kappa shape index (κ1) is 22.6. The van der Waals surface area contributed by atoms with Gasteiger partial charge in [-0.3, -0.25) is 4.99 Å². The van der Waals surface area contributed by atoms with Crippen molar-refractivity contribution in [3.05, 3.63) is 16.1 Å². The van der Waals surface area contributed by atoms with Gasteiger partial charge in [0.25, 0.3) is 0 Å². The zero-order valence-corrected chi connectivity index (χ0v) is 18.2. The van der Waals surface area contributed by atoms with E-state index in [-0.39, 0.29) is 24.0 Å². The van der Waals surface area contributed by atoms with E-state index in [4.69, 9.17) is 0 Å². The average Bonchev–Trinajstić information content (AvgIpc) is 2.95. The summed E-state index contributed by atoms with van der Waals surface area (Å²) in [5, 5.41) is 7.87. The molecule has 0 amide bonds. The van der Waals surface area contributed by atoms with Crippen LogP contribution in [-0.4, -0.2) is 55.1 Å². The molecule has 1 aromatic heterocycles. The summed E-state index contributed by atoms with van der Waals surface area (Å²) in [5.41, 5.74) is 0. The Bertz CT molecular complexity index is 447. The molecule has 0 fully saturated rings.